The van der Waals surface area contributed by atoms with E-state index in [0.29, 0.717) is 10.9 Å². The lowest BCUT2D eigenvalue weighted by atomic mass is 9.90. The molecule has 0 spiro atoms. The number of hydrogen-bond donors (Lipinski definition) is 1. The highest BCUT2D eigenvalue weighted by atomic mass is 35.5. The lowest BCUT2D eigenvalue weighted by Crippen LogP contribution is -2.32. The first kappa shape index (κ1) is 14.9. The molecule has 0 saturated carbocycles. The number of para-hydroxylation sites is 1. The van der Waals surface area contributed by atoms with Crippen LogP contribution in [0.2, 0.25) is 5.02 Å². The SMILES string of the molecule is CCCNC(c1cc2cccc(Cl)c2o1)C1CCOCC1. The smallest absolute Gasteiger partial charge is 0.152 e. The number of ether oxygens (including phenoxy) is 1. The van der Waals surface area contributed by atoms with Gasteiger partial charge in [0.05, 0.1) is 11.1 Å². The zero-order valence-electron chi connectivity index (χ0n) is 12.4. The van der Waals surface area contributed by atoms with E-state index >= 15 is 0 Å². The Balaban J connectivity index is 1.90. The second kappa shape index (κ2) is 6.82. The molecule has 1 saturated heterocycles. The van der Waals surface area contributed by atoms with Crippen LogP contribution >= 0.6 is 11.6 Å². The van der Waals surface area contributed by atoms with Gasteiger partial charge >= 0.3 is 0 Å². The number of fused-ring (bicyclic) bond motifs is 1. The predicted molar refractivity (Wildman–Crippen MR) is 85.8 cm³/mol. The molecule has 21 heavy (non-hydrogen) atoms. The van der Waals surface area contributed by atoms with E-state index in [9.17, 15) is 0 Å². The normalized spacial score (nSPS) is 18.2. The fraction of sp³-hybridized carbons (Fsp3) is 0.529. The Labute approximate surface area is 130 Å². The Hall–Kier alpha value is -1.03. The van der Waals surface area contributed by atoms with Crippen LogP contribution in [-0.4, -0.2) is 19.8 Å². The third kappa shape index (κ3) is 3.25. The van der Waals surface area contributed by atoms with Gasteiger partial charge in [0.15, 0.2) is 5.58 Å². The van der Waals surface area contributed by atoms with Crippen LogP contribution in [0.3, 0.4) is 0 Å². The highest BCUT2D eigenvalue weighted by Gasteiger charge is 2.27. The van der Waals surface area contributed by atoms with Crippen molar-refractivity contribution in [3.8, 4) is 0 Å². The molecule has 1 aromatic heterocycles. The van der Waals surface area contributed by atoms with Crippen molar-refractivity contribution in [1.29, 1.82) is 0 Å². The molecule has 0 radical (unpaired) electrons. The van der Waals surface area contributed by atoms with Crippen molar-refractivity contribution in [2.45, 2.75) is 32.2 Å². The first-order valence-corrected chi connectivity index (χ1v) is 8.16. The lowest BCUT2D eigenvalue weighted by molar-refractivity contribution is 0.0509. The lowest BCUT2D eigenvalue weighted by Gasteiger charge is -2.29. The Morgan fingerprint density at radius 2 is 2.14 bits per heavy atom. The molecule has 1 unspecified atom stereocenters. The highest BCUT2D eigenvalue weighted by Crippen LogP contribution is 2.35. The van der Waals surface area contributed by atoms with Gasteiger partial charge in [-0.3, -0.25) is 0 Å². The van der Waals surface area contributed by atoms with Crippen LogP contribution in [0.5, 0.6) is 0 Å². The van der Waals surface area contributed by atoms with E-state index in [1.807, 2.05) is 12.1 Å². The quantitative estimate of drug-likeness (QED) is 0.879. The van der Waals surface area contributed by atoms with E-state index in [1.54, 1.807) is 0 Å². The molecule has 0 aliphatic carbocycles. The number of halogens is 1. The number of hydrogen-bond acceptors (Lipinski definition) is 3. The van der Waals surface area contributed by atoms with Crippen molar-refractivity contribution in [3.05, 3.63) is 35.0 Å². The van der Waals surface area contributed by atoms with Crippen LogP contribution in [0.4, 0.5) is 0 Å². The third-order valence-corrected chi connectivity index (χ3v) is 4.47. The van der Waals surface area contributed by atoms with Crippen molar-refractivity contribution in [2.24, 2.45) is 5.92 Å². The van der Waals surface area contributed by atoms with Crippen LogP contribution in [0, 0.1) is 5.92 Å². The second-order valence-corrected chi connectivity index (χ2v) is 6.10. The molecule has 2 heterocycles. The van der Waals surface area contributed by atoms with E-state index in [0.717, 1.165) is 55.8 Å². The van der Waals surface area contributed by atoms with Gasteiger partial charge in [-0.05, 0) is 43.9 Å². The van der Waals surface area contributed by atoms with E-state index < -0.39 is 0 Å². The molecule has 4 heteroatoms. The molecule has 1 N–H and O–H groups in total. The fourth-order valence-corrected chi connectivity index (χ4v) is 3.27. The van der Waals surface area contributed by atoms with Crippen LogP contribution in [0.1, 0.15) is 38.0 Å². The van der Waals surface area contributed by atoms with Crippen molar-refractivity contribution in [3.63, 3.8) is 0 Å². The van der Waals surface area contributed by atoms with Gasteiger partial charge < -0.3 is 14.5 Å². The molecule has 1 aliphatic heterocycles. The fourth-order valence-electron chi connectivity index (χ4n) is 3.05. The summed E-state index contributed by atoms with van der Waals surface area (Å²) in [6, 6.07) is 8.27. The maximum Gasteiger partial charge on any atom is 0.152 e. The van der Waals surface area contributed by atoms with E-state index in [2.05, 4.69) is 24.4 Å². The molecule has 2 aromatic rings. The van der Waals surface area contributed by atoms with Gasteiger partial charge in [-0.15, -0.1) is 0 Å². The van der Waals surface area contributed by atoms with E-state index in [-0.39, 0.29) is 6.04 Å². The summed E-state index contributed by atoms with van der Waals surface area (Å²) in [6.45, 7) is 4.86. The number of furan rings is 1. The minimum absolute atomic E-state index is 0.248. The Kier molecular flexibility index (Phi) is 4.84. The van der Waals surface area contributed by atoms with Gasteiger partial charge in [0.1, 0.15) is 5.76 Å². The van der Waals surface area contributed by atoms with E-state index in [4.69, 9.17) is 20.8 Å². The minimum Gasteiger partial charge on any atom is -0.458 e. The third-order valence-electron chi connectivity index (χ3n) is 4.17. The monoisotopic (exact) mass is 307 g/mol. The van der Waals surface area contributed by atoms with Crippen LogP contribution in [0.15, 0.2) is 28.7 Å². The Bertz CT molecular complexity index is 589. The summed E-state index contributed by atoms with van der Waals surface area (Å²) >= 11 is 6.23. The summed E-state index contributed by atoms with van der Waals surface area (Å²) in [4.78, 5) is 0. The highest BCUT2D eigenvalue weighted by molar-refractivity contribution is 6.34. The number of nitrogens with one attached hydrogen (secondary N) is 1. The van der Waals surface area contributed by atoms with Crippen LogP contribution in [-0.2, 0) is 4.74 Å². The van der Waals surface area contributed by atoms with Crippen LogP contribution < -0.4 is 5.32 Å². The Morgan fingerprint density at radius 3 is 2.86 bits per heavy atom. The summed E-state index contributed by atoms with van der Waals surface area (Å²) in [5, 5.41) is 5.40. The summed E-state index contributed by atoms with van der Waals surface area (Å²) in [5.74, 6) is 1.56. The van der Waals surface area contributed by atoms with Crippen molar-refractivity contribution >= 4 is 22.6 Å². The van der Waals surface area contributed by atoms with Gasteiger partial charge in [0.2, 0.25) is 0 Å². The molecule has 1 atom stereocenters. The maximum absolute atomic E-state index is 6.23. The zero-order chi connectivity index (χ0) is 14.7. The van der Waals surface area contributed by atoms with Gasteiger partial charge in [-0.2, -0.15) is 0 Å². The topological polar surface area (TPSA) is 34.4 Å². The number of benzene rings is 1. The maximum atomic E-state index is 6.23. The molecule has 0 amide bonds. The Morgan fingerprint density at radius 1 is 1.33 bits per heavy atom. The van der Waals surface area contributed by atoms with Gasteiger partial charge in [0.25, 0.3) is 0 Å². The van der Waals surface area contributed by atoms with Crippen molar-refractivity contribution in [1.82, 2.24) is 5.32 Å². The molecule has 1 fully saturated rings. The summed E-state index contributed by atoms with van der Waals surface area (Å²) in [6.07, 6.45) is 3.26. The first-order valence-electron chi connectivity index (χ1n) is 7.78. The largest absolute Gasteiger partial charge is 0.458 e. The molecule has 1 aromatic carbocycles. The summed E-state index contributed by atoms with van der Waals surface area (Å²) in [7, 11) is 0. The molecular formula is C17H22ClNO2. The van der Waals surface area contributed by atoms with Crippen molar-refractivity contribution in [2.75, 3.05) is 19.8 Å². The van der Waals surface area contributed by atoms with Crippen molar-refractivity contribution < 1.29 is 9.15 Å². The van der Waals surface area contributed by atoms with Gasteiger partial charge in [0, 0.05) is 18.6 Å². The van der Waals surface area contributed by atoms with E-state index in [1.165, 1.54) is 0 Å². The molecular weight excluding hydrogens is 286 g/mol. The van der Waals surface area contributed by atoms with Gasteiger partial charge in [-0.1, -0.05) is 30.7 Å². The molecule has 114 valence electrons. The average Bonchev–Trinajstić information content (AvgIpc) is 2.94. The first-order chi connectivity index (χ1) is 10.3. The zero-order valence-corrected chi connectivity index (χ0v) is 13.2. The standard InChI is InChI=1S/C17H22ClNO2/c1-2-8-19-16(12-6-9-20-10-7-12)15-11-13-4-3-5-14(18)17(13)21-15/h3-5,11-12,16,19H,2,6-10H2,1H3. The summed E-state index contributed by atoms with van der Waals surface area (Å²) in [5.41, 5.74) is 0.796. The summed E-state index contributed by atoms with van der Waals surface area (Å²) < 4.78 is 11.6. The molecule has 3 rings (SSSR count). The molecule has 3 nitrogen and oxygen atoms in total. The number of rotatable bonds is 5. The van der Waals surface area contributed by atoms with Gasteiger partial charge in [-0.25, -0.2) is 0 Å². The second-order valence-electron chi connectivity index (χ2n) is 5.69. The molecule has 0 bridgehead atoms. The predicted octanol–water partition coefficient (Wildman–Crippen LogP) is 4.55. The van der Waals surface area contributed by atoms with Crippen LogP contribution in [0.25, 0.3) is 11.0 Å². The minimum atomic E-state index is 0.248. The average molecular weight is 308 g/mol. The molecule has 1 aliphatic rings.